The summed E-state index contributed by atoms with van der Waals surface area (Å²) >= 11 is 6.03. The minimum Gasteiger partial charge on any atom is -0.460 e. The third kappa shape index (κ3) is 6.35. The third-order valence-corrected chi connectivity index (χ3v) is 3.72. The van der Waals surface area contributed by atoms with E-state index < -0.39 is 5.97 Å². The molecule has 0 saturated heterocycles. The number of rotatable bonds is 8. The molecular formula is C20H20ClNO4. The van der Waals surface area contributed by atoms with Gasteiger partial charge in [0.15, 0.2) is 0 Å². The molecule has 26 heavy (non-hydrogen) atoms. The van der Waals surface area contributed by atoms with Gasteiger partial charge in [-0.3, -0.25) is 4.79 Å². The lowest BCUT2D eigenvalue weighted by Gasteiger charge is -2.06. The number of anilines is 1. The topological polar surface area (TPSA) is 64.6 Å². The van der Waals surface area contributed by atoms with Crippen LogP contribution in [0.4, 0.5) is 5.69 Å². The van der Waals surface area contributed by atoms with E-state index in [9.17, 15) is 9.59 Å². The van der Waals surface area contributed by atoms with Gasteiger partial charge in [-0.1, -0.05) is 29.8 Å². The lowest BCUT2D eigenvalue weighted by molar-refractivity contribution is -0.111. The predicted molar refractivity (Wildman–Crippen MR) is 102 cm³/mol. The minimum absolute atomic E-state index is 0.206. The molecule has 0 saturated carbocycles. The van der Waals surface area contributed by atoms with E-state index in [1.54, 1.807) is 36.4 Å². The average Bonchev–Trinajstić information content (AvgIpc) is 2.65. The Labute approximate surface area is 157 Å². The summed E-state index contributed by atoms with van der Waals surface area (Å²) in [5.74, 6) is -0.724. The van der Waals surface area contributed by atoms with Crippen LogP contribution >= 0.6 is 11.6 Å². The predicted octanol–water partition coefficient (Wildman–Crippen LogP) is 4.19. The van der Waals surface area contributed by atoms with Gasteiger partial charge in [0.1, 0.15) is 6.61 Å². The molecule has 0 aromatic heterocycles. The summed E-state index contributed by atoms with van der Waals surface area (Å²) in [5.41, 5.74) is 1.74. The standard InChI is InChI=1S/C20H20ClNO4/c1-2-25-13-14-26-20(24)16-7-10-17(11-8-16)22-19(23)12-9-15-5-3-4-6-18(15)21/h3-12H,2,13-14H2,1H3,(H,22,23). The summed E-state index contributed by atoms with van der Waals surface area (Å²) in [6.45, 7) is 3.03. The van der Waals surface area contributed by atoms with E-state index in [0.29, 0.717) is 29.5 Å². The van der Waals surface area contributed by atoms with Crippen LogP contribution in [-0.2, 0) is 14.3 Å². The van der Waals surface area contributed by atoms with Gasteiger partial charge in [-0.25, -0.2) is 4.79 Å². The van der Waals surface area contributed by atoms with Gasteiger partial charge in [0.2, 0.25) is 5.91 Å². The van der Waals surface area contributed by atoms with Crippen molar-refractivity contribution in [2.45, 2.75) is 6.92 Å². The summed E-state index contributed by atoms with van der Waals surface area (Å²) in [5, 5.41) is 3.29. The summed E-state index contributed by atoms with van der Waals surface area (Å²) in [6.07, 6.45) is 3.04. The van der Waals surface area contributed by atoms with Gasteiger partial charge < -0.3 is 14.8 Å². The van der Waals surface area contributed by atoms with E-state index >= 15 is 0 Å². The summed E-state index contributed by atoms with van der Waals surface area (Å²) < 4.78 is 10.2. The minimum atomic E-state index is -0.429. The highest BCUT2D eigenvalue weighted by atomic mass is 35.5. The molecule has 2 aromatic rings. The molecule has 0 bridgehead atoms. The van der Waals surface area contributed by atoms with Crippen LogP contribution in [0, 0.1) is 0 Å². The van der Waals surface area contributed by atoms with Crippen molar-refractivity contribution in [3.63, 3.8) is 0 Å². The van der Waals surface area contributed by atoms with E-state index in [4.69, 9.17) is 21.1 Å². The van der Waals surface area contributed by atoms with Crippen LogP contribution in [0.2, 0.25) is 5.02 Å². The first-order valence-electron chi connectivity index (χ1n) is 8.18. The fourth-order valence-corrected chi connectivity index (χ4v) is 2.27. The van der Waals surface area contributed by atoms with Gasteiger partial charge in [0.25, 0.3) is 0 Å². The molecule has 2 rings (SSSR count). The van der Waals surface area contributed by atoms with Gasteiger partial charge >= 0.3 is 5.97 Å². The fraction of sp³-hybridized carbons (Fsp3) is 0.200. The van der Waals surface area contributed by atoms with Crippen LogP contribution in [0.15, 0.2) is 54.6 Å². The van der Waals surface area contributed by atoms with Crippen LogP contribution < -0.4 is 5.32 Å². The molecule has 0 aliphatic rings. The number of hydrogen-bond acceptors (Lipinski definition) is 4. The van der Waals surface area contributed by atoms with Crippen molar-refractivity contribution in [1.29, 1.82) is 0 Å². The summed E-state index contributed by atoms with van der Waals surface area (Å²) in [4.78, 5) is 23.8. The van der Waals surface area contributed by atoms with Crippen LogP contribution in [-0.4, -0.2) is 31.7 Å². The largest absolute Gasteiger partial charge is 0.460 e. The van der Waals surface area contributed by atoms with E-state index in [0.717, 1.165) is 5.56 Å². The first-order valence-corrected chi connectivity index (χ1v) is 8.56. The average molecular weight is 374 g/mol. The Kier molecular flexibility index (Phi) is 7.86. The first kappa shape index (κ1) is 19.7. The number of benzene rings is 2. The molecule has 2 aromatic carbocycles. The maximum absolute atomic E-state index is 12.0. The quantitative estimate of drug-likeness (QED) is 0.428. The van der Waals surface area contributed by atoms with E-state index in [1.165, 1.54) is 6.08 Å². The molecular weight excluding hydrogens is 354 g/mol. The molecule has 0 radical (unpaired) electrons. The second kappa shape index (κ2) is 10.4. The molecule has 0 heterocycles. The van der Waals surface area contributed by atoms with Gasteiger partial charge in [-0.2, -0.15) is 0 Å². The summed E-state index contributed by atoms with van der Waals surface area (Å²) in [7, 11) is 0. The number of carbonyl (C=O) groups excluding carboxylic acids is 2. The lowest BCUT2D eigenvalue weighted by atomic mass is 10.2. The number of carbonyl (C=O) groups is 2. The third-order valence-electron chi connectivity index (χ3n) is 3.37. The molecule has 1 amide bonds. The molecule has 136 valence electrons. The normalized spacial score (nSPS) is 10.7. The molecule has 0 atom stereocenters. The lowest BCUT2D eigenvalue weighted by Crippen LogP contribution is -2.11. The van der Waals surface area contributed by atoms with Gasteiger partial charge in [0.05, 0.1) is 12.2 Å². The zero-order chi connectivity index (χ0) is 18.8. The summed E-state index contributed by atoms with van der Waals surface area (Å²) in [6, 6.07) is 13.7. The van der Waals surface area contributed by atoms with E-state index in [1.807, 2.05) is 25.1 Å². The Morgan fingerprint density at radius 3 is 2.50 bits per heavy atom. The Balaban J connectivity index is 1.87. The molecule has 0 aliphatic carbocycles. The maximum Gasteiger partial charge on any atom is 0.338 e. The van der Waals surface area contributed by atoms with Crippen molar-refractivity contribution in [2.75, 3.05) is 25.1 Å². The van der Waals surface area contributed by atoms with Gasteiger partial charge in [-0.15, -0.1) is 0 Å². The smallest absolute Gasteiger partial charge is 0.338 e. The molecule has 0 unspecified atom stereocenters. The van der Waals surface area contributed by atoms with Gasteiger partial charge in [0, 0.05) is 23.4 Å². The van der Waals surface area contributed by atoms with Crippen molar-refractivity contribution >= 4 is 35.2 Å². The molecule has 0 aliphatic heterocycles. The highest BCUT2D eigenvalue weighted by Gasteiger charge is 2.07. The Morgan fingerprint density at radius 1 is 1.08 bits per heavy atom. The number of amides is 1. The Hall–Kier alpha value is -2.63. The number of halogens is 1. The highest BCUT2D eigenvalue weighted by molar-refractivity contribution is 6.32. The number of hydrogen-bond donors (Lipinski definition) is 1. The molecule has 5 nitrogen and oxygen atoms in total. The SMILES string of the molecule is CCOCCOC(=O)c1ccc(NC(=O)C=Cc2ccccc2Cl)cc1. The zero-order valence-corrected chi connectivity index (χ0v) is 15.2. The Morgan fingerprint density at radius 2 is 1.81 bits per heavy atom. The van der Waals surface area contributed by atoms with Crippen molar-refractivity contribution < 1.29 is 19.1 Å². The van der Waals surface area contributed by atoms with Crippen LogP contribution in [0.25, 0.3) is 6.08 Å². The highest BCUT2D eigenvalue weighted by Crippen LogP contribution is 2.16. The number of esters is 1. The molecule has 0 fully saturated rings. The van der Waals surface area contributed by atoms with Crippen molar-refractivity contribution in [2.24, 2.45) is 0 Å². The monoisotopic (exact) mass is 373 g/mol. The molecule has 1 N–H and O–H groups in total. The van der Waals surface area contributed by atoms with Crippen molar-refractivity contribution in [1.82, 2.24) is 0 Å². The Bertz CT molecular complexity index is 772. The molecule has 0 spiro atoms. The van der Waals surface area contributed by atoms with Crippen molar-refractivity contribution in [3.8, 4) is 0 Å². The first-order chi connectivity index (χ1) is 12.6. The fourth-order valence-electron chi connectivity index (χ4n) is 2.07. The van der Waals surface area contributed by atoms with Crippen LogP contribution in [0.3, 0.4) is 0 Å². The second-order valence-corrected chi connectivity index (χ2v) is 5.66. The zero-order valence-electron chi connectivity index (χ0n) is 14.4. The second-order valence-electron chi connectivity index (χ2n) is 5.25. The van der Waals surface area contributed by atoms with Gasteiger partial charge in [-0.05, 0) is 48.9 Å². The number of nitrogens with one attached hydrogen (secondary N) is 1. The number of ether oxygens (including phenoxy) is 2. The van der Waals surface area contributed by atoms with Crippen LogP contribution in [0.1, 0.15) is 22.8 Å². The molecule has 6 heteroatoms. The van der Waals surface area contributed by atoms with Crippen LogP contribution in [0.5, 0.6) is 0 Å². The van der Waals surface area contributed by atoms with Crippen molar-refractivity contribution in [3.05, 3.63) is 70.8 Å². The van der Waals surface area contributed by atoms with E-state index in [-0.39, 0.29) is 12.5 Å². The maximum atomic E-state index is 12.0. The van der Waals surface area contributed by atoms with E-state index in [2.05, 4.69) is 5.32 Å².